The molecule has 0 bridgehead atoms. The Kier molecular flexibility index (Phi) is 5.31. The second kappa shape index (κ2) is 6.51. The fourth-order valence-corrected chi connectivity index (χ4v) is 1.59. The molecule has 3 N–H and O–H groups in total. The number of hydrogen-bond donors (Lipinski definition) is 3. The first kappa shape index (κ1) is 13.9. The van der Waals surface area contributed by atoms with Crippen molar-refractivity contribution in [1.82, 2.24) is 5.32 Å². The second-order valence-electron chi connectivity index (χ2n) is 3.91. The van der Waals surface area contributed by atoms with Crippen LogP contribution in [0.3, 0.4) is 0 Å². The Labute approximate surface area is 99.1 Å². The summed E-state index contributed by atoms with van der Waals surface area (Å²) >= 11 is 0. The lowest BCUT2D eigenvalue weighted by atomic mass is 10.1. The average molecular weight is 245 g/mol. The van der Waals surface area contributed by atoms with Crippen molar-refractivity contribution < 1.29 is 19.0 Å². The highest BCUT2D eigenvalue weighted by Gasteiger charge is 2.10. The van der Waals surface area contributed by atoms with Crippen molar-refractivity contribution in [3.8, 4) is 5.75 Å². The molecule has 1 unspecified atom stereocenters. The van der Waals surface area contributed by atoms with Gasteiger partial charge in [-0.1, -0.05) is 6.92 Å². The van der Waals surface area contributed by atoms with Crippen molar-refractivity contribution in [1.29, 1.82) is 0 Å². The monoisotopic (exact) mass is 245 g/mol. The molecular formula is C12H17F2NO2. The zero-order valence-electron chi connectivity index (χ0n) is 9.71. The number of hydrogen-bond acceptors (Lipinski definition) is 3. The van der Waals surface area contributed by atoms with Gasteiger partial charge in [-0.15, -0.1) is 0 Å². The molecule has 5 heteroatoms. The number of aliphatic hydroxyl groups excluding tert-OH is 1. The van der Waals surface area contributed by atoms with E-state index in [4.69, 9.17) is 10.2 Å². The number of phenols is 1. The van der Waals surface area contributed by atoms with E-state index in [9.17, 15) is 8.78 Å². The Morgan fingerprint density at radius 1 is 1.29 bits per heavy atom. The molecule has 3 nitrogen and oxygen atoms in total. The van der Waals surface area contributed by atoms with Crippen LogP contribution in [0.5, 0.6) is 5.75 Å². The van der Waals surface area contributed by atoms with Crippen LogP contribution in [0.2, 0.25) is 0 Å². The molecule has 1 rings (SSSR count). The Balaban J connectivity index is 2.63. The van der Waals surface area contributed by atoms with Gasteiger partial charge in [0.15, 0.2) is 17.4 Å². The van der Waals surface area contributed by atoms with Crippen LogP contribution in [0.25, 0.3) is 0 Å². The van der Waals surface area contributed by atoms with Gasteiger partial charge >= 0.3 is 0 Å². The van der Waals surface area contributed by atoms with Gasteiger partial charge in [0, 0.05) is 19.2 Å². The van der Waals surface area contributed by atoms with Crippen LogP contribution in [-0.4, -0.2) is 22.9 Å². The number of phenolic OH excluding ortho intramolecular Hbond substituents is 1. The van der Waals surface area contributed by atoms with Crippen LogP contribution in [-0.2, 0) is 6.54 Å². The smallest absolute Gasteiger partial charge is 0.187 e. The summed E-state index contributed by atoms with van der Waals surface area (Å²) in [7, 11) is 0. The predicted octanol–water partition coefficient (Wildman–Crippen LogP) is 1.92. The molecule has 0 radical (unpaired) electrons. The van der Waals surface area contributed by atoms with Crippen LogP contribution in [0.15, 0.2) is 12.1 Å². The molecule has 0 aliphatic heterocycles. The minimum atomic E-state index is -0.961. The molecule has 0 saturated heterocycles. The van der Waals surface area contributed by atoms with Crippen LogP contribution in [0.1, 0.15) is 25.3 Å². The first-order valence-corrected chi connectivity index (χ1v) is 5.59. The number of nitrogens with one attached hydrogen (secondary N) is 1. The normalized spacial score (nSPS) is 12.7. The molecule has 1 aromatic rings. The fourth-order valence-electron chi connectivity index (χ4n) is 1.59. The Bertz CT molecular complexity index is 349. The predicted molar refractivity (Wildman–Crippen MR) is 60.6 cm³/mol. The summed E-state index contributed by atoms with van der Waals surface area (Å²) in [6.07, 6.45) is 1.42. The second-order valence-corrected chi connectivity index (χ2v) is 3.91. The lowest BCUT2D eigenvalue weighted by Crippen LogP contribution is -2.28. The molecule has 1 atom stereocenters. The van der Waals surface area contributed by atoms with E-state index in [0.717, 1.165) is 18.6 Å². The van der Waals surface area contributed by atoms with Gasteiger partial charge in [0.2, 0.25) is 0 Å². The minimum absolute atomic E-state index is 0.0732. The standard InChI is InChI=1S/C12H17F2NO2/c1-2-9(3-4-16)15-7-8-5-10(13)12(17)11(14)6-8/h5-6,9,15-17H,2-4,7H2,1H3. The highest BCUT2D eigenvalue weighted by molar-refractivity contribution is 5.29. The van der Waals surface area contributed by atoms with Crippen molar-refractivity contribution >= 4 is 0 Å². The van der Waals surface area contributed by atoms with E-state index in [0.29, 0.717) is 18.5 Å². The van der Waals surface area contributed by atoms with Crippen molar-refractivity contribution in [2.75, 3.05) is 6.61 Å². The third-order valence-corrected chi connectivity index (χ3v) is 2.64. The number of rotatable bonds is 6. The van der Waals surface area contributed by atoms with Gasteiger partial charge in [-0.25, -0.2) is 8.78 Å². The molecule has 0 aliphatic rings. The minimum Gasteiger partial charge on any atom is -0.503 e. The third-order valence-electron chi connectivity index (χ3n) is 2.64. The molecule has 0 saturated carbocycles. The lowest BCUT2D eigenvalue weighted by molar-refractivity contribution is 0.262. The summed E-state index contributed by atoms with van der Waals surface area (Å²) in [5.41, 5.74) is 0.425. The molecule has 0 spiro atoms. The first-order valence-electron chi connectivity index (χ1n) is 5.59. The number of benzene rings is 1. The number of aliphatic hydroxyl groups is 1. The highest BCUT2D eigenvalue weighted by atomic mass is 19.1. The van der Waals surface area contributed by atoms with Crippen LogP contribution < -0.4 is 5.32 Å². The largest absolute Gasteiger partial charge is 0.503 e. The summed E-state index contributed by atoms with van der Waals surface area (Å²) in [6, 6.07) is 2.30. The quantitative estimate of drug-likeness (QED) is 0.717. The Morgan fingerprint density at radius 2 is 1.88 bits per heavy atom. The van der Waals surface area contributed by atoms with Gasteiger partial charge in [-0.3, -0.25) is 0 Å². The van der Waals surface area contributed by atoms with Crippen LogP contribution in [0.4, 0.5) is 8.78 Å². The highest BCUT2D eigenvalue weighted by Crippen LogP contribution is 2.21. The Morgan fingerprint density at radius 3 is 2.35 bits per heavy atom. The maximum atomic E-state index is 13.0. The third kappa shape index (κ3) is 3.94. The zero-order valence-corrected chi connectivity index (χ0v) is 9.71. The van der Waals surface area contributed by atoms with Gasteiger partial charge in [0.25, 0.3) is 0 Å². The van der Waals surface area contributed by atoms with E-state index in [-0.39, 0.29) is 12.6 Å². The van der Waals surface area contributed by atoms with Crippen molar-refractivity contribution in [3.05, 3.63) is 29.3 Å². The summed E-state index contributed by atoms with van der Waals surface area (Å²) in [4.78, 5) is 0. The van der Waals surface area contributed by atoms with Crippen molar-refractivity contribution in [2.45, 2.75) is 32.4 Å². The molecule has 0 amide bonds. The maximum Gasteiger partial charge on any atom is 0.187 e. The maximum absolute atomic E-state index is 13.0. The lowest BCUT2D eigenvalue weighted by Gasteiger charge is -2.15. The van der Waals surface area contributed by atoms with Gasteiger partial charge in [0.05, 0.1) is 0 Å². The van der Waals surface area contributed by atoms with Crippen molar-refractivity contribution in [3.63, 3.8) is 0 Å². The molecular weight excluding hydrogens is 228 g/mol. The van der Waals surface area contributed by atoms with Gasteiger partial charge in [-0.05, 0) is 30.5 Å². The van der Waals surface area contributed by atoms with Crippen molar-refractivity contribution in [2.24, 2.45) is 0 Å². The number of aromatic hydroxyl groups is 1. The summed E-state index contributed by atoms with van der Waals surface area (Å²) < 4.78 is 26.1. The summed E-state index contributed by atoms with van der Waals surface area (Å²) in [5.74, 6) is -2.87. The summed E-state index contributed by atoms with van der Waals surface area (Å²) in [6.45, 7) is 2.34. The molecule has 17 heavy (non-hydrogen) atoms. The first-order chi connectivity index (χ1) is 8.08. The van der Waals surface area contributed by atoms with E-state index in [2.05, 4.69) is 5.32 Å². The van der Waals surface area contributed by atoms with E-state index >= 15 is 0 Å². The Hall–Kier alpha value is -1.20. The number of halogens is 2. The summed E-state index contributed by atoms with van der Waals surface area (Å²) in [5, 5.41) is 20.8. The fraction of sp³-hybridized carbons (Fsp3) is 0.500. The molecule has 0 aliphatic carbocycles. The molecule has 0 heterocycles. The van der Waals surface area contributed by atoms with E-state index in [1.165, 1.54) is 0 Å². The van der Waals surface area contributed by atoms with Gasteiger partial charge < -0.3 is 15.5 Å². The zero-order chi connectivity index (χ0) is 12.8. The molecule has 0 aromatic heterocycles. The van der Waals surface area contributed by atoms with E-state index < -0.39 is 17.4 Å². The van der Waals surface area contributed by atoms with E-state index in [1.54, 1.807) is 0 Å². The van der Waals surface area contributed by atoms with Gasteiger partial charge in [0.1, 0.15) is 0 Å². The van der Waals surface area contributed by atoms with Crippen LogP contribution >= 0.6 is 0 Å². The SMILES string of the molecule is CCC(CCO)NCc1cc(F)c(O)c(F)c1. The topological polar surface area (TPSA) is 52.5 Å². The van der Waals surface area contributed by atoms with Gasteiger partial charge in [-0.2, -0.15) is 0 Å². The van der Waals surface area contributed by atoms with Crippen LogP contribution in [0, 0.1) is 11.6 Å². The molecule has 96 valence electrons. The molecule has 0 fully saturated rings. The average Bonchev–Trinajstić information content (AvgIpc) is 2.31. The van der Waals surface area contributed by atoms with E-state index in [1.807, 2.05) is 6.92 Å². The molecule has 1 aromatic carbocycles.